The predicted molar refractivity (Wildman–Crippen MR) is 91.7 cm³/mol. The summed E-state index contributed by atoms with van der Waals surface area (Å²) in [6.07, 6.45) is 0. The van der Waals surface area contributed by atoms with Gasteiger partial charge in [0.15, 0.2) is 17.4 Å². The molecule has 2 aromatic carbocycles. The molecule has 0 aliphatic rings. The summed E-state index contributed by atoms with van der Waals surface area (Å²) in [7, 11) is 1.79. The van der Waals surface area contributed by atoms with Gasteiger partial charge < -0.3 is 10.1 Å². The van der Waals surface area contributed by atoms with Crippen molar-refractivity contribution in [3.8, 4) is 11.5 Å². The van der Waals surface area contributed by atoms with Gasteiger partial charge in [0, 0.05) is 13.1 Å². The summed E-state index contributed by atoms with van der Waals surface area (Å²) >= 11 is 0. The molecule has 0 radical (unpaired) electrons. The van der Waals surface area contributed by atoms with Gasteiger partial charge in [0.05, 0.1) is 6.04 Å². The molecule has 0 saturated heterocycles. The first-order valence-corrected chi connectivity index (χ1v) is 8.05. The fourth-order valence-corrected chi connectivity index (χ4v) is 2.63. The first-order valence-electron chi connectivity index (χ1n) is 8.05. The Morgan fingerprint density at radius 2 is 1.84 bits per heavy atom. The first kappa shape index (κ1) is 17.0. The van der Waals surface area contributed by atoms with Gasteiger partial charge in [-0.3, -0.25) is 0 Å². The lowest BCUT2D eigenvalue weighted by Crippen LogP contribution is -2.25. The van der Waals surface area contributed by atoms with Crippen LogP contribution in [0.3, 0.4) is 0 Å². The second-order valence-corrected chi connectivity index (χ2v) is 5.88. The van der Waals surface area contributed by atoms with Crippen LogP contribution >= 0.6 is 0 Å². The quantitative estimate of drug-likeness (QED) is 0.743. The van der Waals surface area contributed by atoms with Gasteiger partial charge in [-0.05, 0) is 54.1 Å². The molecule has 0 aliphatic heterocycles. The van der Waals surface area contributed by atoms with E-state index in [1.165, 1.54) is 6.07 Å². The number of benzene rings is 2. The van der Waals surface area contributed by atoms with E-state index in [1.807, 2.05) is 38.1 Å². The molecule has 6 nitrogen and oxygen atoms in total. The number of nitrogens with one attached hydrogen (secondary N) is 1. The highest BCUT2D eigenvalue weighted by atomic mass is 19.1. The molecule has 1 heterocycles. The Morgan fingerprint density at radius 1 is 1.08 bits per heavy atom. The highest BCUT2D eigenvalue weighted by molar-refractivity contribution is 5.35. The Labute approximate surface area is 145 Å². The number of hydrogen-bond acceptors (Lipinski definition) is 5. The molecule has 1 N–H and O–H groups in total. The van der Waals surface area contributed by atoms with E-state index in [2.05, 4.69) is 20.8 Å². The average molecular weight is 341 g/mol. The SMILES string of the molecule is CC(NC(C)c1nnnn1C)c1ccc(Oc2ccccc2)c(F)c1. The molecule has 2 unspecified atom stereocenters. The van der Waals surface area contributed by atoms with Crippen LogP contribution in [0, 0.1) is 5.82 Å². The number of nitrogens with zero attached hydrogens (tertiary/aromatic N) is 4. The van der Waals surface area contributed by atoms with E-state index in [1.54, 1.807) is 29.9 Å². The van der Waals surface area contributed by atoms with Crippen LogP contribution < -0.4 is 10.1 Å². The van der Waals surface area contributed by atoms with Crippen molar-refractivity contribution in [2.24, 2.45) is 7.05 Å². The normalized spacial score (nSPS) is 13.4. The highest BCUT2D eigenvalue weighted by Crippen LogP contribution is 2.27. The second-order valence-electron chi connectivity index (χ2n) is 5.88. The Morgan fingerprint density at radius 3 is 2.48 bits per heavy atom. The van der Waals surface area contributed by atoms with Crippen molar-refractivity contribution in [2.45, 2.75) is 25.9 Å². The lowest BCUT2D eigenvalue weighted by atomic mass is 10.1. The average Bonchev–Trinajstić information content (AvgIpc) is 3.03. The van der Waals surface area contributed by atoms with Crippen molar-refractivity contribution in [3.05, 3.63) is 65.7 Å². The number of aromatic nitrogens is 4. The zero-order valence-corrected chi connectivity index (χ0v) is 14.3. The van der Waals surface area contributed by atoms with Crippen LogP contribution in [0.5, 0.6) is 11.5 Å². The minimum absolute atomic E-state index is 0.0710. The maximum Gasteiger partial charge on any atom is 0.167 e. The molecule has 0 spiro atoms. The van der Waals surface area contributed by atoms with E-state index in [0.717, 1.165) is 11.4 Å². The number of hydrogen-bond donors (Lipinski definition) is 1. The van der Waals surface area contributed by atoms with Crippen LogP contribution in [0.25, 0.3) is 0 Å². The van der Waals surface area contributed by atoms with Crippen molar-refractivity contribution in [2.75, 3.05) is 0 Å². The minimum Gasteiger partial charge on any atom is -0.454 e. The molecule has 130 valence electrons. The first-order chi connectivity index (χ1) is 12.0. The maximum absolute atomic E-state index is 14.4. The van der Waals surface area contributed by atoms with Gasteiger partial charge in [-0.2, -0.15) is 0 Å². The number of ether oxygens (including phenoxy) is 1. The van der Waals surface area contributed by atoms with Crippen LogP contribution in [-0.4, -0.2) is 20.2 Å². The molecule has 3 rings (SSSR count). The van der Waals surface area contributed by atoms with Gasteiger partial charge >= 0.3 is 0 Å². The number of rotatable bonds is 6. The number of aryl methyl sites for hydroxylation is 1. The molecule has 0 amide bonds. The number of tetrazole rings is 1. The maximum atomic E-state index is 14.4. The fraction of sp³-hybridized carbons (Fsp3) is 0.278. The Hall–Kier alpha value is -2.80. The zero-order chi connectivity index (χ0) is 17.8. The lowest BCUT2D eigenvalue weighted by molar-refractivity contribution is 0.435. The van der Waals surface area contributed by atoms with E-state index in [-0.39, 0.29) is 17.8 Å². The molecular weight excluding hydrogens is 321 g/mol. The molecule has 7 heteroatoms. The lowest BCUT2D eigenvalue weighted by Gasteiger charge is -2.19. The third-order valence-electron chi connectivity index (χ3n) is 3.97. The van der Waals surface area contributed by atoms with Gasteiger partial charge in [-0.25, -0.2) is 9.07 Å². The molecule has 2 atom stereocenters. The highest BCUT2D eigenvalue weighted by Gasteiger charge is 2.17. The Bertz CT molecular complexity index is 836. The largest absolute Gasteiger partial charge is 0.454 e. The van der Waals surface area contributed by atoms with E-state index < -0.39 is 5.82 Å². The van der Waals surface area contributed by atoms with Gasteiger partial charge in [-0.15, -0.1) is 5.10 Å². The van der Waals surface area contributed by atoms with Crippen molar-refractivity contribution in [3.63, 3.8) is 0 Å². The summed E-state index contributed by atoms with van der Waals surface area (Å²) in [5, 5.41) is 14.8. The standard InChI is InChI=1S/C18H20FN5O/c1-12(20-13(2)18-21-22-23-24(18)3)14-9-10-17(16(19)11-14)25-15-7-5-4-6-8-15/h4-13,20H,1-3H3. The summed E-state index contributed by atoms with van der Waals surface area (Å²) in [6, 6.07) is 14.0. The van der Waals surface area contributed by atoms with Crippen LogP contribution in [0.4, 0.5) is 4.39 Å². The molecule has 25 heavy (non-hydrogen) atoms. The van der Waals surface area contributed by atoms with Gasteiger partial charge in [0.1, 0.15) is 5.75 Å². The van der Waals surface area contributed by atoms with Gasteiger partial charge in [0.2, 0.25) is 0 Å². The van der Waals surface area contributed by atoms with E-state index in [0.29, 0.717) is 5.75 Å². The smallest absolute Gasteiger partial charge is 0.167 e. The predicted octanol–water partition coefficient (Wildman–Crippen LogP) is 3.55. The van der Waals surface area contributed by atoms with Gasteiger partial charge in [0.25, 0.3) is 0 Å². The van der Waals surface area contributed by atoms with E-state index in [9.17, 15) is 4.39 Å². The summed E-state index contributed by atoms with van der Waals surface area (Å²) in [6.45, 7) is 3.93. The van der Waals surface area contributed by atoms with Crippen LogP contribution in [0.2, 0.25) is 0 Å². The number of halogens is 1. The fourth-order valence-electron chi connectivity index (χ4n) is 2.63. The molecule has 0 fully saturated rings. The monoisotopic (exact) mass is 341 g/mol. The third kappa shape index (κ3) is 4.00. The van der Waals surface area contributed by atoms with Gasteiger partial charge in [-0.1, -0.05) is 24.3 Å². The topological polar surface area (TPSA) is 64.9 Å². The van der Waals surface area contributed by atoms with E-state index in [4.69, 9.17) is 4.74 Å². The zero-order valence-electron chi connectivity index (χ0n) is 14.3. The van der Waals surface area contributed by atoms with Crippen molar-refractivity contribution < 1.29 is 9.13 Å². The summed E-state index contributed by atoms with van der Waals surface area (Å²) in [5.41, 5.74) is 0.819. The second kappa shape index (κ2) is 7.40. The Balaban J connectivity index is 1.70. The van der Waals surface area contributed by atoms with Crippen LogP contribution in [-0.2, 0) is 7.05 Å². The molecule has 0 aliphatic carbocycles. The third-order valence-corrected chi connectivity index (χ3v) is 3.97. The van der Waals surface area contributed by atoms with E-state index >= 15 is 0 Å². The minimum atomic E-state index is -0.400. The van der Waals surface area contributed by atoms with Crippen molar-refractivity contribution >= 4 is 0 Å². The summed E-state index contributed by atoms with van der Waals surface area (Å²) in [4.78, 5) is 0. The van der Waals surface area contributed by atoms with Crippen LogP contribution in [0.15, 0.2) is 48.5 Å². The van der Waals surface area contributed by atoms with Crippen molar-refractivity contribution in [1.29, 1.82) is 0 Å². The molecule has 1 aromatic heterocycles. The molecule has 0 saturated carbocycles. The summed E-state index contributed by atoms with van der Waals surface area (Å²) < 4.78 is 21.6. The molecular formula is C18H20FN5O. The summed E-state index contributed by atoms with van der Waals surface area (Å²) in [5.74, 6) is 1.12. The molecule has 0 bridgehead atoms. The number of para-hydroxylation sites is 1. The Kier molecular flexibility index (Phi) is 5.04. The van der Waals surface area contributed by atoms with Crippen molar-refractivity contribution in [1.82, 2.24) is 25.5 Å². The van der Waals surface area contributed by atoms with Crippen LogP contribution in [0.1, 0.15) is 37.3 Å². The molecule has 3 aromatic rings.